The summed E-state index contributed by atoms with van der Waals surface area (Å²) in [4.78, 5) is 0. The van der Waals surface area contributed by atoms with Gasteiger partial charge in [0, 0.05) is 11.1 Å². The molecule has 1 aromatic carbocycles. The highest BCUT2D eigenvalue weighted by atomic mass is 16.5. The number of hydrogen-bond acceptors (Lipinski definition) is 2. The Kier molecular flexibility index (Phi) is 3.98. The van der Waals surface area contributed by atoms with Crippen LogP contribution in [0.4, 0.5) is 0 Å². The van der Waals surface area contributed by atoms with Gasteiger partial charge < -0.3 is 10.5 Å². The van der Waals surface area contributed by atoms with Crippen molar-refractivity contribution in [3.8, 4) is 5.75 Å². The number of ether oxygens (including phenoxy) is 1. The average Bonchev–Trinajstić information content (AvgIpc) is 2.28. The molecule has 0 fully saturated rings. The molecule has 0 amide bonds. The predicted molar refractivity (Wildman–Crippen MR) is 68.9 cm³/mol. The molecule has 0 spiro atoms. The van der Waals surface area contributed by atoms with E-state index in [0.29, 0.717) is 5.92 Å². The van der Waals surface area contributed by atoms with E-state index in [9.17, 15) is 0 Å². The van der Waals surface area contributed by atoms with Crippen molar-refractivity contribution in [3.63, 3.8) is 0 Å². The second-order valence-corrected chi connectivity index (χ2v) is 4.89. The van der Waals surface area contributed by atoms with Crippen molar-refractivity contribution < 1.29 is 4.74 Å². The quantitative estimate of drug-likeness (QED) is 0.845. The third kappa shape index (κ3) is 2.56. The Labute approximate surface area is 98.8 Å². The zero-order valence-electron chi connectivity index (χ0n) is 11.0. The van der Waals surface area contributed by atoms with Crippen molar-refractivity contribution >= 4 is 0 Å². The molecule has 1 atom stereocenters. The Morgan fingerprint density at radius 1 is 1.38 bits per heavy atom. The van der Waals surface area contributed by atoms with Gasteiger partial charge in [0.15, 0.2) is 0 Å². The van der Waals surface area contributed by atoms with E-state index in [4.69, 9.17) is 10.5 Å². The topological polar surface area (TPSA) is 35.2 Å². The SMILES string of the molecule is CCC(C)(N)c1ccc(C(C)C)cc1OC. The molecule has 0 aliphatic rings. The first-order valence-corrected chi connectivity index (χ1v) is 5.89. The van der Waals surface area contributed by atoms with Gasteiger partial charge in [-0.25, -0.2) is 0 Å². The van der Waals surface area contributed by atoms with Crippen LogP contribution in [0.1, 0.15) is 51.2 Å². The van der Waals surface area contributed by atoms with Gasteiger partial charge in [0.05, 0.1) is 7.11 Å². The van der Waals surface area contributed by atoms with Crippen LogP contribution in [0.5, 0.6) is 5.75 Å². The molecular weight excluding hydrogens is 198 g/mol. The van der Waals surface area contributed by atoms with Gasteiger partial charge in [0.2, 0.25) is 0 Å². The molecule has 0 radical (unpaired) electrons. The van der Waals surface area contributed by atoms with Crippen molar-refractivity contribution in [3.05, 3.63) is 29.3 Å². The van der Waals surface area contributed by atoms with E-state index >= 15 is 0 Å². The molecule has 1 rings (SSSR count). The minimum Gasteiger partial charge on any atom is -0.496 e. The zero-order valence-corrected chi connectivity index (χ0v) is 11.0. The maximum absolute atomic E-state index is 6.26. The Bertz CT molecular complexity index is 356. The number of methoxy groups -OCH3 is 1. The monoisotopic (exact) mass is 221 g/mol. The summed E-state index contributed by atoms with van der Waals surface area (Å²) in [5, 5.41) is 0. The van der Waals surface area contributed by atoms with E-state index in [1.807, 2.05) is 6.92 Å². The molecule has 0 heterocycles. The Balaban J connectivity index is 3.22. The van der Waals surface area contributed by atoms with Crippen molar-refractivity contribution in [2.24, 2.45) is 5.73 Å². The zero-order chi connectivity index (χ0) is 12.3. The normalized spacial score (nSPS) is 14.9. The summed E-state index contributed by atoms with van der Waals surface area (Å²) >= 11 is 0. The van der Waals surface area contributed by atoms with Gasteiger partial charge in [0.1, 0.15) is 5.75 Å². The smallest absolute Gasteiger partial charge is 0.124 e. The second kappa shape index (κ2) is 4.88. The van der Waals surface area contributed by atoms with E-state index in [2.05, 4.69) is 39.0 Å². The minimum atomic E-state index is -0.319. The second-order valence-electron chi connectivity index (χ2n) is 4.89. The van der Waals surface area contributed by atoms with Gasteiger partial charge in [-0.2, -0.15) is 0 Å². The van der Waals surface area contributed by atoms with E-state index in [0.717, 1.165) is 17.7 Å². The van der Waals surface area contributed by atoms with Gasteiger partial charge in [-0.1, -0.05) is 32.9 Å². The number of hydrogen-bond donors (Lipinski definition) is 1. The molecule has 90 valence electrons. The van der Waals surface area contributed by atoms with Gasteiger partial charge in [0.25, 0.3) is 0 Å². The fourth-order valence-electron chi connectivity index (χ4n) is 1.73. The summed E-state index contributed by atoms with van der Waals surface area (Å²) in [7, 11) is 1.70. The molecular formula is C14H23NO. The van der Waals surface area contributed by atoms with Crippen LogP contribution in [0.3, 0.4) is 0 Å². The van der Waals surface area contributed by atoms with E-state index in [1.54, 1.807) is 7.11 Å². The molecule has 0 saturated heterocycles. The Morgan fingerprint density at radius 3 is 2.44 bits per heavy atom. The van der Waals surface area contributed by atoms with Gasteiger partial charge >= 0.3 is 0 Å². The molecule has 0 aliphatic carbocycles. The highest BCUT2D eigenvalue weighted by molar-refractivity contribution is 5.42. The Morgan fingerprint density at radius 2 is 2.00 bits per heavy atom. The van der Waals surface area contributed by atoms with Crippen LogP contribution < -0.4 is 10.5 Å². The molecule has 16 heavy (non-hydrogen) atoms. The maximum Gasteiger partial charge on any atom is 0.124 e. The van der Waals surface area contributed by atoms with E-state index in [1.165, 1.54) is 5.56 Å². The molecule has 0 aliphatic heterocycles. The lowest BCUT2D eigenvalue weighted by Gasteiger charge is -2.26. The largest absolute Gasteiger partial charge is 0.496 e. The van der Waals surface area contributed by atoms with Crippen LogP contribution in [0, 0.1) is 0 Å². The lowest BCUT2D eigenvalue weighted by Crippen LogP contribution is -2.32. The predicted octanol–water partition coefficient (Wildman–Crippen LogP) is 3.40. The first-order chi connectivity index (χ1) is 7.42. The van der Waals surface area contributed by atoms with Crippen molar-refractivity contribution in [1.29, 1.82) is 0 Å². The first-order valence-electron chi connectivity index (χ1n) is 5.89. The fourth-order valence-corrected chi connectivity index (χ4v) is 1.73. The van der Waals surface area contributed by atoms with Gasteiger partial charge in [-0.3, -0.25) is 0 Å². The molecule has 1 unspecified atom stereocenters. The minimum absolute atomic E-state index is 0.319. The molecule has 0 aromatic heterocycles. The van der Waals surface area contributed by atoms with Crippen LogP contribution >= 0.6 is 0 Å². The van der Waals surface area contributed by atoms with Crippen LogP contribution in [-0.4, -0.2) is 7.11 Å². The summed E-state index contributed by atoms with van der Waals surface area (Å²) in [6, 6.07) is 6.34. The fraction of sp³-hybridized carbons (Fsp3) is 0.571. The third-order valence-electron chi connectivity index (χ3n) is 3.24. The van der Waals surface area contributed by atoms with Crippen LogP contribution in [0.25, 0.3) is 0 Å². The highest BCUT2D eigenvalue weighted by Crippen LogP contribution is 2.32. The molecule has 0 bridgehead atoms. The summed E-state index contributed by atoms with van der Waals surface area (Å²) in [6.45, 7) is 8.49. The van der Waals surface area contributed by atoms with Gasteiger partial charge in [-0.15, -0.1) is 0 Å². The summed E-state index contributed by atoms with van der Waals surface area (Å²) in [5.41, 5.74) is 8.31. The molecule has 1 aromatic rings. The Hall–Kier alpha value is -1.02. The highest BCUT2D eigenvalue weighted by Gasteiger charge is 2.23. The summed E-state index contributed by atoms with van der Waals surface area (Å²) in [6.07, 6.45) is 0.893. The van der Waals surface area contributed by atoms with Crippen molar-refractivity contribution in [2.75, 3.05) is 7.11 Å². The number of nitrogens with two attached hydrogens (primary N) is 1. The first kappa shape index (κ1) is 13.0. The maximum atomic E-state index is 6.26. The lowest BCUT2D eigenvalue weighted by molar-refractivity contribution is 0.382. The van der Waals surface area contributed by atoms with E-state index < -0.39 is 0 Å². The van der Waals surface area contributed by atoms with Crippen LogP contribution in [0.15, 0.2) is 18.2 Å². The van der Waals surface area contributed by atoms with Crippen LogP contribution in [0.2, 0.25) is 0 Å². The molecule has 0 saturated carbocycles. The molecule has 2 nitrogen and oxygen atoms in total. The summed E-state index contributed by atoms with van der Waals surface area (Å²) < 4.78 is 5.44. The summed E-state index contributed by atoms with van der Waals surface area (Å²) in [5.74, 6) is 1.41. The average molecular weight is 221 g/mol. The number of rotatable bonds is 4. The number of benzene rings is 1. The standard InChI is InChI=1S/C14H23NO/c1-6-14(4,15)12-8-7-11(10(2)3)9-13(12)16-5/h7-10H,6,15H2,1-5H3. The molecule has 2 heteroatoms. The third-order valence-corrected chi connectivity index (χ3v) is 3.24. The van der Waals surface area contributed by atoms with Crippen molar-refractivity contribution in [1.82, 2.24) is 0 Å². The van der Waals surface area contributed by atoms with Crippen LogP contribution in [-0.2, 0) is 5.54 Å². The lowest BCUT2D eigenvalue weighted by atomic mass is 9.88. The molecule has 2 N–H and O–H groups in total. The van der Waals surface area contributed by atoms with Gasteiger partial charge in [-0.05, 0) is 30.9 Å². The van der Waals surface area contributed by atoms with Crippen molar-refractivity contribution in [2.45, 2.75) is 45.6 Å². The van der Waals surface area contributed by atoms with E-state index in [-0.39, 0.29) is 5.54 Å².